The van der Waals surface area contributed by atoms with Gasteiger partial charge in [-0.2, -0.15) is 0 Å². The lowest BCUT2D eigenvalue weighted by atomic mass is 10.0. The predicted molar refractivity (Wildman–Crippen MR) is 50.1 cm³/mol. The molecule has 1 fully saturated rings. The molecule has 3 heteroatoms. The van der Waals surface area contributed by atoms with E-state index in [4.69, 9.17) is 10.5 Å². The number of piperidine rings is 1. The van der Waals surface area contributed by atoms with Crippen molar-refractivity contribution in [2.24, 2.45) is 11.7 Å². The average molecular weight is 172 g/mol. The van der Waals surface area contributed by atoms with E-state index in [2.05, 4.69) is 5.32 Å². The minimum Gasteiger partial charge on any atom is -0.381 e. The van der Waals surface area contributed by atoms with Crippen LogP contribution < -0.4 is 11.1 Å². The fraction of sp³-hybridized carbons (Fsp3) is 1.00. The summed E-state index contributed by atoms with van der Waals surface area (Å²) < 4.78 is 5.49. The molecule has 1 aliphatic rings. The molecule has 1 atom stereocenters. The summed E-state index contributed by atoms with van der Waals surface area (Å²) >= 11 is 0. The quantitative estimate of drug-likeness (QED) is 0.588. The van der Waals surface area contributed by atoms with Crippen LogP contribution in [0.4, 0.5) is 0 Å². The topological polar surface area (TPSA) is 47.3 Å². The molecule has 1 heterocycles. The summed E-state index contributed by atoms with van der Waals surface area (Å²) in [4.78, 5) is 0. The van der Waals surface area contributed by atoms with E-state index in [-0.39, 0.29) is 0 Å². The zero-order valence-corrected chi connectivity index (χ0v) is 7.72. The van der Waals surface area contributed by atoms with Gasteiger partial charge in [0.25, 0.3) is 0 Å². The van der Waals surface area contributed by atoms with Gasteiger partial charge in [0.2, 0.25) is 0 Å². The molecule has 0 spiro atoms. The van der Waals surface area contributed by atoms with Crippen LogP contribution in [-0.4, -0.2) is 32.8 Å². The van der Waals surface area contributed by atoms with Crippen LogP contribution in [0.3, 0.4) is 0 Å². The van der Waals surface area contributed by atoms with Gasteiger partial charge in [0, 0.05) is 13.2 Å². The first-order valence-corrected chi connectivity index (χ1v) is 4.92. The molecule has 0 radical (unpaired) electrons. The van der Waals surface area contributed by atoms with Gasteiger partial charge in [-0.05, 0) is 38.3 Å². The van der Waals surface area contributed by atoms with Crippen molar-refractivity contribution in [2.75, 3.05) is 32.8 Å². The van der Waals surface area contributed by atoms with Gasteiger partial charge in [-0.3, -0.25) is 0 Å². The Hall–Kier alpha value is -0.120. The summed E-state index contributed by atoms with van der Waals surface area (Å²) in [5, 5.41) is 3.37. The van der Waals surface area contributed by atoms with Gasteiger partial charge in [-0.1, -0.05) is 0 Å². The molecule has 3 N–H and O–H groups in total. The van der Waals surface area contributed by atoms with E-state index in [9.17, 15) is 0 Å². The van der Waals surface area contributed by atoms with E-state index in [1.807, 2.05) is 0 Å². The lowest BCUT2D eigenvalue weighted by Gasteiger charge is -2.22. The van der Waals surface area contributed by atoms with Crippen molar-refractivity contribution in [2.45, 2.75) is 19.3 Å². The van der Waals surface area contributed by atoms with Crippen molar-refractivity contribution in [1.29, 1.82) is 0 Å². The van der Waals surface area contributed by atoms with Crippen LogP contribution >= 0.6 is 0 Å². The maximum Gasteiger partial charge on any atom is 0.0506 e. The van der Waals surface area contributed by atoms with Crippen molar-refractivity contribution < 1.29 is 4.74 Å². The van der Waals surface area contributed by atoms with Gasteiger partial charge < -0.3 is 15.8 Å². The largest absolute Gasteiger partial charge is 0.381 e. The zero-order chi connectivity index (χ0) is 8.65. The van der Waals surface area contributed by atoms with Crippen LogP contribution in [0.15, 0.2) is 0 Å². The van der Waals surface area contributed by atoms with Crippen LogP contribution in [0, 0.1) is 5.92 Å². The normalized spacial score (nSPS) is 24.2. The van der Waals surface area contributed by atoms with Gasteiger partial charge >= 0.3 is 0 Å². The molecule has 0 aromatic rings. The highest BCUT2D eigenvalue weighted by Gasteiger charge is 2.12. The maximum atomic E-state index is 5.49. The molecule has 1 rings (SSSR count). The van der Waals surface area contributed by atoms with Crippen molar-refractivity contribution in [3.8, 4) is 0 Å². The summed E-state index contributed by atoms with van der Waals surface area (Å²) in [6.07, 6.45) is 3.60. The molecule has 0 aromatic carbocycles. The second-order valence-electron chi connectivity index (χ2n) is 3.43. The monoisotopic (exact) mass is 172 g/mol. The molecule has 0 aromatic heterocycles. The first-order chi connectivity index (χ1) is 5.93. The number of hydrogen-bond acceptors (Lipinski definition) is 3. The van der Waals surface area contributed by atoms with Crippen LogP contribution in [0.5, 0.6) is 0 Å². The van der Waals surface area contributed by atoms with Crippen LogP contribution in [0.1, 0.15) is 19.3 Å². The van der Waals surface area contributed by atoms with Crippen LogP contribution in [0.25, 0.3) is 0 Å². The third-order valence-electron chi connectivity index (χ3n) is 2.25. The number of nitrogens with two attached hydrogens (primary N) is 1. The standard InChI is InChI=1S/C9H20N2O/c10-4-2-6-12-8-9-3-1-5-11-7-9/h9,11H,1-8,10H2. The minimum atomic E-state index is 0.733. The van der Waals surface area contributed by atoms with E-state index < -0.39 is 0 Å². The Kier molecular flexibility index (Phi) is 5.32. The molecule has 1 unspecified atom stereocenters. The van der Waals surface area contributed by atoms with Gasteiger partial charge in [-0.15, -0.1) is 0 Å². The predicted octanol–water partition coefficient (Wildman–Crippen LogP) is 0.351. The third kappa shape index (κ3) is 4.04. The number of nitrogens with one attached hydrogen (secondary N) is 1. The first kappa shape index (κ1) is 9.96. The Labute approximate surface area is 74.7 Å². The third-order valence-corrected chi connectivity index (χ3v) is 2.25. The summed E-state index contributed by atoms with van der Waals surface area (Å²) in [5.74, 6) is 0.733. The Bertz CT molecular complexity index is 103. The van der Waals surface area contributed by atoms with Gasteiger partial charge in [-0.25, -0.2) is 0 Å². The van der Waals surface area contributed by atoms with E-state index >= 15 is 0 Å². The van der Waals surface area contributed by atoms with Crippen molar-refractivity contribution in [3.63, 3.8) is 0 Å². The molecule has 3 nitrogen and oxygen atoms in total. The molecule has 0 aliphatic carbocycles. The highest BCUT2D eigenvalue weighted by molar-refractivity contribution is 4.67. The first-order valence-electron chi connectivity index (χ1n) is 4.92. The molecular weight excluding hydrogens is 152 g/mol. The second kappa shape index (κ2) is 6.40. The van der Waals surface area contributed by atoms with Gasteiger partial charge in [0.15, 0.2) is 0 Å². The molecule has 1 saturated heterocycles. The van der Waals surface area contributed by atoms with Crippen molar-refractivity contribution in [1.82, 2.24) is 5.32 Å². The summed E-state index contributed by atoms with van der Waals surface area (Å²) in [6, 6.07) is 0. The molecule has 1 aliphatic heterocycles. The molecule has 0 amide bonds. The molecule has 0 bridgehead atoms. The van der Waals surface area contributed by atoms with E-state index in [0.717, 1.165) is 38.6 Å². The summed E-state index contributed by atoms with van der Waals surface area (Å²) in [6.45, 7) is 4.78. The van der Waals surface area contributed by atoms with E-state index in [1.165, 1.54) is 19.4 Å². The van der Waals surface area contributed by atoms with Crippen LogP contribution in [0.2, 0.25) is 0 Å². The lowest BCUT2D eigenvalue weighted by molar-refractivity contribution is 0.0892. The fourth-order valence-electron chi connectivity index (χ4n) is 1.50. The molecule has 0 saturated carbocycles. The Morgan fingerprint density at radius 2 is 2.42 bits per heavy atom. The van der Waals surface area contributed by atoms with Crippen LogP contribution in [-0.2, 0) is 4.74 Å². The SMILES string of the molecule is NCCCOCC1CCCNC1. The fourth-order valence-corrected chi connectivity index (χ4v) is 1.50. The number of hydrogen-bond donors (Lipinski definition) is 2. The summed E-state index contributed by atoms with van der Waals surface area (Å²) in [5.41, 5.74) is 5.36. The van der Waals surface area contributed by atoms with Crippen molar-refractivity contribution in [3.05, 3.63) is 0 Å². The van der Waals surface area contributed by atoms with Gasteiger partial charge in [0.1, 0.15) is 0 Å². The Morgan fingerprint density at radius 1 is 1.50 bits per heavy atom. The van der Waals surface area contributed by atoms with E-state index in [0.29, 0.717) is 0 Å². The molecule has 72 valence electrons. The number of ether oxygens (including phenoxy) is 1. The van der Waals surface area contributed by atoms with E-state index in [1.54, 1.807) is 0 Å². The molecular formula is C9H20N2O. The average Bonchev–Trinajstić information content (AvgIpc) is 2.14. The lowest BCUT2D eigenvalue weighted by Crippen LogP contribution is -2.32. The van der Waals surface area contributed by atoms with Crippen molar-refractivity contribution >= 4 is 0 Å². The minimum absolute atomic E-state index is 0.733. The Balaban J connectivity index is 1.91. The Morgan fingerprint density at radius 3 is 3.08 bits per heavy atom. The smallest absolute Gasteiger partial charge is 0.0506 e. The highest BCUT2D eigenvalue weighted by atomic mass is 16.5. The molecule has 12 heavy (non-hydrogen) atoms. The zero-order valence-electron chi connectivity index (χ0n) is 7.72. The highest BCUT2D eigenvalue weighted by Crippen LogP contribution is 2.09. The van der Waals surface area contributed by atoms with Gasteiger partial charge in [0.05, 0.1) is 6.61 Å². The number of rotatable bonds is 5. The second-order valence-corrected chi connectivity index (χ2v) is 3.43. The maximum absolute atomic E-state index is 5.49. The summed E-state index contributed by atoms with van der Waals surface area (Å²) in [7, 11) is 0.